The molecule has 0 aliphatic carbocycles. The number of aryl methyl sites for hydroxylation is 1. The average Bonchev–Trinajstić information content (AvgIpc) is 2.65. The standard InChI is InChI=1S/C13H13F2NS/c1-8-3-4-17-13(8)12(16-2)9-5-10(14)7-11(15)6-9/h3-7,12,16H,1-2H3. The largest absolute Gasteiger partial charge is 0.309 e. The van der Waals surface area contributed by atoms with Gasteiger partial charge in [0.2, 0.25) is 0 Å². The van der Waals surface area contributed by atoms with Crippen molar-refractivity contribution in [2.45, 2.75) is 13.0 Å². The minimum atomic E-state index is -0.547. The second-order valence-electron chi connectivity index (χ2n) is 3.89. The lowest BCUT2D eigenvalue weighted by molar-refractivity contribution is 0.572. The predicted octanol–water partition coefficient (Wildman–Crippen LogP) is 3.64. The topological polar surface area (TPSA) is 12.0 Å². The highest BCUT2D eigenvalue weighted by molar-refractivity contribution is 7.10. The summed E-state index contributed by atoms with van der Waals surface area (Å²) in [7, 11) is 1.78. The molecule has 0 bridgehead atoms. The molecule has 1 N–H and O–H groups in total. The molecule has 2 rings (SSSR count). The van der Waals surface area contributed by atoms with Gasteiger partial charge in [-0.05, 0) is 48.7 Å². The minimum Gasteiger partial charge on any atom is -0.309 e. The van der Waals surface area contributed by atoms with E-state index in [1.165, 1.54) is 12.1 Å². The first-order valence-electron chi connectivity index (χ1n) is 5.29. The lowest BCUT2D eigenvalue weighted by Crippen LogP contribution is -2.17. The molecule has 1 atom stereocenters. The Kier molecular flexibility index (Phi) is 3.54. The zero-order valence-corrected chi connectivity index (χ0v) is 10.4. The summed E-state index contributed by atoms with van der Waals surface area (Å²) in [4.78, 5) is 1.08. The molecule has 0 saturated heterocycles. The van der Waals surface area contributed by atoms with E-state index in [1.54, 1.807) is 18.4 Å². The molecule has 0 amide bonds. The fourth-order valence-electron chi connectivity index (χ4n) is 1.87. The van der Waals surface area contributed by atoms with Crippen molar-refractivity contribution in [2.75, 3.05) is 7.05 Å². The molecule has 2 aromatic rings. The van der Waals surface area contributed by atoms with E-state index in [-0.39, 0.29) is 6.04 Å². The number of hydrogen-bond donors (Lipinski definition) is 1. The van der Waals surface area contributed by atoms with Crippen LogP contribution in [0.5, 0.6) is 0 Å². The summed E-state index contributed by atoms with van der Waals surface area (Å²) in [5.74, 6) is -1.09. The molecule has 0 saturated carbocycles. The number of benzene rings is 1. The fraction of sp³-hybridized carbons (Fsp3) is 0.231. The van der Waals surface area contributed by atoms with Gasteiger partial charge in [0.1, 0.15) is 11.6 Å². The maximum atomic E-state index is 13.2. The molecular formula is C13H13F2NS. The number of hydrogen-bond acceptors (Lipinski definition) is 2. The summed E-state index contributed by atoms with van der Waals surface area (Å²) in [5, 5.41) is 5.07. The van der Waals surface area contributed by atoms with Crippen molar-refractivity contribution < 1.29 is 8.78 Å². The van der Waals surface area contributed by atoms with Gasteiger partial charge >= 0.3 is 0 Å². The van der Waals surface area contributed by atoms with E-state index in [0.29, 0.717) is 5.56 Å². The highest BCUT2D eigenvalue weighted by Crippen LogP contribution is 2.29. The Balaban J connectivity index is 2.45. The van der Waals surface area contributed by atoms with Gasteiger partial charge in [-0.1, -0.05) is 0 Å². The van der Waals surface area contributed by atoms with Gasteiger partial charge < -0.3 is 5.32 Å². The minimum absolute atomic E-state index is 0.166. The van der Waals surface area contributed by atoms with E-state index in [4.69, 9.17) is 0 Å². The highest BCUT2D eigenvalue weighted by Gasteiger charge is 2.17. The van der Waals surface area contributed by atoms with Crippen LogP contribution in [0.25, 0.3) is 0 Å². The molecule has 0 fully saturated rings. The summed E-state index contributed by atoms with van der Waals surface area (Å²) in [6.45, 7) is 1.99. The van der Waals surface area contributed by atoms with Gasteiger partial charge in [0.25, 0.3) is 0 Å². The monoisotopic (exact) mass is 253 g/mol. The maximum absolute atomic E-state index is 13.2. The van der Waals surface area contributed by atoms with Crippen molar-refractivity contribution in [1.29, 1.82) is 0 Å². The van der Waals surface area contributed by atoms with E-state index < -0.39 is 11.6 Å². The normalized spacial score (nSPS) is 12.7. The Bertz CT molecular complexity index is 502. The van der Waals surface area contributed by atoms with Crippen LogP contribution in [0.4, 0.5) is 8.78 Å². The van der Waals surface area contributed by atoms with Crippen LogP contribution < -0.4 is 5.32 Å². The van der Waals surface area contributed by atoms with Crippen molar-refractivity contribution in [3.05, 3.63) is 57.3 Å². The molecule has 90 valence electrons. The number of thiophene rings is 1. The smallest absolute Gasteiger partial charge is 0.126 e. The molecule has 0 spiro atoms. The van der Waals surface area contributed by atoms with Crippen molar-refractivity contribution >= 4 is 11.3 Å². The van der Waals surface area contributed by atoms with Crippen LogP contribution >= 0.6 is 11.3 Å². The van der Waals surface area contributed by atoms with Crippen LogP contribution in [0, 0.1) is 18.6 Å². The molecule has 1 heterocycles. The van der Waals surface area contributed by atoms with E-state index in [0.717, 1.165) is 16.5 Å². The summed E-state index contributed by atoms with van der Waals surface area (Å²) in [6, 6.07) is 5.45. The quantitative estimate of drug-likeness (QED) is 0.880. The second-order valence-corrected chi connectivity index (χ2v) is 4.84. The average molecular weight is 253 g/mol. The Morgan fingerprint density at radius 2 is 1.82 bits per heavy atom. The van der Waals surface area contributed by atoms with Gasteiger partial charge in [-0.3, -0.25) is 0 Å². The van der Waals surface area contributed by atoms with Crippen LogP contribution in [-0.2, 0) is 0 Å². The predicted molar refractivity (Wildman–Crippen MR) is 66.3 cm³/mol. The maximum Gasteiger partial charge on any atom is 0.126 e. The number of halogens is 2. The molecule has 0 radical (unpaired) electrons. The molecule has 1 aromatic carbocycles. The lowest BCUT2D eigenvalue weighted by atomic mass is 10.0. The molecule has 17 heavy (non-hydrogen) atoms. The SMILES string of the molecule is CNC(c1cc(F)cc(F)c1)c1sccc1C. The summed E-state index contributed by atoms with van der Waals surface area (Å²) < 4.78 is 26.4. The van der Waals surface area contributed by atoms with Gasteiger partial charge in [-0.15, -0.1) is 11.3 Å². The Labute approximate surface area is 103 Å². The fourth-order valence-corrected chi connectivity index (χ4v) is 2.93. The Morgan fingerprint density at radius 1 is 1.18 bits per heavy atom. The van der Waals surface area contributed by atoms with Crippen LogP contribution in [-0.4, -0.2) is 7.05 Å². The molecule has 1 nitrogen and oxygen atoms in total. The second kappa shape index (κ2) is 4.94. The van der Waals surface area contributed by atoms with Crippen LogP contribution in [0.1, 0.15) is 22.0 Å². The first-order valence-corrected chi connectivity index (χ1v) is 6.17. The van der Waals surface area contributed by atoms with Crippen LogP contribution in [0.3, 0.4) is 0 Å². The van der Waals surface area contributed by atoms with E-state index in [2.05, 4.69) is 5.32 Å². The van der Waals surface area contributed by atoms with Gasteiger partial charge in [-0.2, -0.15) is 0 Å². The molecule has 4 heteroatoms. The third-order valence-electron chi connectivity index (χ3n) is 2.67. The highest BCUT2D eigenvalue weighted by atomic mass is 32.1. The summed E-state index contributed by atoms with van der Waals surface area (Å²) in [5.41, 5.74) is 1.73. The third-order valence-corrected chi connectivity index (χ3v) is 3.75. The summed E-state index contributed by atoms with van der Waals surface area (Å²) in [6.07, 6.45) is 0. The summed E-state index contributed by atoms with van der Waals surface area (Å²) >= 11 is 1.58. The van der Waals surface area contributed by atoms with Crippen LogP contribution in [0.15, 0.2) is 29.6 Å². The van der Waals surface area contributed by atoms with E-state index in [1.807, 2.05) is 18.4 Å². The lowest BCUT2D eigenvalue weighted by Gasteiger charge is -2.16. The van der Waals surface area contributed by atoms with Gasteiger partial charge in [0, 0.05) is 10.9 Å². The zero-order valence-electron chi connectivity index (χ0n) is 9.63. The first kappa shape index (κ1) is 12.2. The van der Waals surface area contributed by atoms with Gasteiger partial charge in [0.15, 0.2) is 0 Å². The Hall–Kier alpha value is -1.26. The van der Waals surface area contributed by atoms with Crippen molar-refractivity contribution in [3.63, 3.8) is 0 Å². The molecule has 1 unspecified atom stereocenters. The van der Waals surface area contributed by atoms with E-state index >= 15 is 0 Å². The van der Waals surface area contributed by atoms with Crippen molar-refractivity contribution in [3.8, 4) is 0 Å². The van der Waals surface area contributed by atoms with Gasteiger partial charge in [0.05, 0.1) is 6.04 Å². The number of rotatable bonds is 3. The molecule has 0 aliphatic rings. The molecular weight excluding hydrogens is 240 g/mol. The first-order chi connectivity index (χ1) is 8.11. The zero-order chi connectivity index (χ0) is 12.4. The third kappa shape index (κ3) is 2.53. The van der Waals surface area contributed by atoms with Gasteiger partial charge in [-0.25, -0.2) is 8.78 Å². The number of nitrogens with one attached hydrogen (secondary N) is 1. The van der Waals surface area contributed by atoms with E-state index in [9.17, 15) is 8.78 Å². The van der Waals surface area contributed by atoms with Crippen molar-refractivity contribution in [1.82, 2.24) is 5.32 Å². The molecule has 0 aliphatic heterocycles. The van der Waals surface area contributed by atoms with Crippen LogP contribution in [0.2, 0.25) is 0 Å². The van der Waals surface area contributed by atoms with Crippen molar-refractivity contribution in [2.24, 2.45) is 0 Å². The Morgan fingerprint density at radius 3 is 2.29 bits per heavy atom. The molecule has 1 aromatic heterocycles.